The first-order valence-electron chi connectivity index (χ1n) is 7.70. The lowest BCUT2D eigenvalue weighted by Gasteiger charge is -2.06. The van der Waals surface area contributed by atoms with E-state index >= 15 is 0 Å². The van der Waals surface area contributed by atoms with Gasteiger partial charge in [-0.1, -0.05) is 23.7 Å². The van der Waals surface area contributed by atoms with Crippen LogP contribution >= 0.6 is 11.6 Å². The Labute approximate surface area is 151 Å². The maximum Gasteiger partial charge on any atom is 0.435 e. The second kappa shape index (κ2) is 5.92. The second-order valence-corrected chi connectivity index (χ2v) is 6.25. The average molecular weight is 377 g/mol. The monoisotopic (exact) mass is 376 g/mol. The second-order valence-electron chi connectivity index (χ2n) is 5.81. The van der Waals surface area contributed by atoms with Gasteiger partial charge < -0.3 is 9.72 Å². The van der Waals surface area contributed by atoms with Crippen molar-refractivity contribution < 1.29 is 17.9 Å². The minimum Gasteiger partial charge on any atom is -0.497 e. The predicted molar refractivity (Wildman–Crippen MR) is 95.6 cm³/mol. The van der Waals surface area contributed by atoms with Crippen LogP contribution in [0.5, 0.6) is 5.75 Å². The Balaban J connectivity index is 2.05. The van der Waals surface area contributed by atoms with E-state index in [-0.39, 0.29) is 5.52 Å². The highest BCUT2D eigenvalue weighted by Crippen LogP contribution is 2.40. The lowest BCUT2D eigenvalue weighted by molar-refractivity contribution is -0.139. The lowest BCUT2D eigenvalue weighted by atomic mass is 10.0. The molecule has 7 heteroatoms. The third-order valence-corrected chi connectivity index (χ3v) is 4.48. The number of benzene rings is 2. The number of aromatic nitrogens is 2. The predicted octanol–water partition coefficient (Wildman–Crippen LogP) is 6.06. The fraction of sp³-hybridized carbons (Fsp3) is 0.105. The molecule has 0 saturated carbocycles. The van der Waals surface area contributed by atoms with Crippen LogP contribution in [0.15, 0.2) is 48.7 Å². The van der Waals surface area contributed by atoms with Crippen molar-refractivity contribution in [3.8, 4) is 16.9 Å². The molecule has 0 bridgehead atoms. The van der Waals surface area contributed by atoms with Gasteiger partial charge in [0.2, 0.25) is 0 Å². The van der Waals surface area contributed by atoms with E-state index in [9.17, 15) is 13.2 Å². The molecule has 0 unspecified atom stereocenters. The molecule has 0 aliphatic rings. The summed E-state index contributed by atoms with van der Waals surface area (Å²) >= 11 is 6.24. The van der Waals surface area contributed by atoms with Gasteiger partial charge in [0.15, 0.2) is 5.69 Å². The number of hydrogen-bond donors (Lipinski definition) is 1. The molecule has 2 heterocycles. The summed E-state index contributed by atoms with van der Waals surface area (Å²) in [6.07, 6.45) is -3.39. The molecule has 3 nitrogen and oxygen atoms in total. The molecule has 0 spiro atoms. The largest absolute Gasteiger partial charge is 0.497 e. The van der Waals surface area contributed by atoms with E-state index in [0.29, 0.717) is 32.6 Å². The Kier molecular flexibility index (Phi) is 3.80. The molecule has 2 aromatic carbocycles. The first-order chi connectivity index (χ1) is 12.4. The van der Waals surface area contributed by atoms with E-state index < -0.39 is 11.9 Å². The maximum absolute atomic E-state index is 13.3. The molecule has 4 rings (SSSR count). The SMILES string of the molecule is COc1ccc(-c2cc(Cl)cc3c2[nH]c2c(C(F)(F)F)nccc23)cc1. The van der Waals surface area contributed by atoms with E-state index in [2.05, 4.69) is 9.97 Å². The van der Waals surface area contributed by atoms with Gasteiger partial charge in [-0.25, -0.2) is 4.98 Å². The molecule has 0 aliphatic carbocycles. The highest BCUT2D eigenvalue weighted by molar-refractivity contribution is 6.32. The molecular formula is C19H12ClF3N2O. The number of alkyl halides is 3. The van der Waals surface area contributed by atoms with Crippen LogP contribution in [-0.2, 0) is 6.18 Å². The molecular weight excluding hydrogens is 365 g/mol. The summed E-state index contributed by atoms with van der Waals surface area (Å²) in [5, 5.41) is 1.49. The Bertz CT molecular complexity index is 1120. The number of fused-ring (bicyclic) bond motifs is 3. The van der Waals surface area contributed by atoms with E-state index in [1.807, 2.05) is 12.1 Å². The molecule has 2 aromatic heterocycles. The van der Waals surface area contributed by atoms with Crippen LogP contribution in [0, 0.1) is 0 Å². The summed E-state index contributed by atoms with van der Waals surface area (Å²) in [6, 6.07) is 12.2. The van der Waals surface area contributed by atoms with Crippen molar-refractivity contribution in [2.45, 2.75) is 6.18 Å². The average Bonchev–Trinajstić information content (AvgIpc) is 2.99. The summed E-state index contributed by atoms with van der Waals surface area (Å²) < 4.78 is 45.1. The topological polar surface area (TPSA) is 37.9 Å². The Morgan fingerprint density at radius 1 is 1.00 bits per heavy atom. The zero-order valence-electron chi connectivity index (χ0n) is 13.5. The summed E-state index contributed by atoms with van der Waals surface area (Å²) in [4.78, 5) is 6.42. The van der Waals surface area contributed by atoms with Gasteiger partial charge >= 0.3 is 6.18 Å². The number of hydrogen-bond acceptors (Lipinski definition) is 2. The quantitative estimate of drug-likeness (QED) is 0.461. The van der Waals surface area contributed by atoms with Gasteiger partial charge in [-0.15, -0.1) is 0 Å². The zero-order chi connectivity index (χ0) is 18.5. The molecule has 26 heavy (non-hydrogen) atoms. The molecule has 132 valence electrons. The van der Waals surface area contributed by atoms with Crippen LogP contribution in [0.25, 0.3) is 32.9 Å². The van der Waals surface area contributed by atoms with Crippen molar-refractivity contribution in [3.05, 3.63) is 59.4 Å². The summed E-state index contributed by atoms with van der Waals surface area (Å²) in [7, 11) is 1.57. The molecule has 0 fully saturated rings. The van der Waals surface area contributed by atoms with Crippen molar-refractivity contribution in [2.24, 2.45) is 0 Å². The third kappa shape index (κ3) is 2.66. The summed E-state index contributed by atoms with van der Waals surface area (Å²) in [6.45, 7) is 0. The molecule has 4 aromatic rings. The highest BCUT2D eigenvalue weighted by Gasteiger charge is 2.35. The van der Waals surface area contributed by atoms with Gasteiger partial charge in [0, 0.05) is 27.6 Å². The van der Waals surface area contributed by atoms with Crippen molar-refractivity contribution in [1.82, 2.24) is 9.97 Å². The first-order valence-corrected chi connectivity index (χ1v) is 8.08. The lowest BCUT2D eigenvalue weighted by Crippen LogP contribution is -2.08. The first kappa shape index (κ1) is 16.7. The number of rotatable bonds is 2. The number of aromatic amines is 1. The van der Waals surface area contributed by atoms with Gasteiger partial charge in [0.1, 0.15) is 5.75 Å². The van der Waals surface area contributed by atoms with Crippen molar-refractivity contribution in [2.75, 3.05) is 7.11 Å². The number of methoxy groups -OCH3 is 1. The van der Waals surface area contributed by atoms with Crippen LogP contribution in [0.4, 0.5) is 13.2 Å². The van der Waals surface area contributed by atoms with Crippen molar-refractivity contribution >= 4 is 33.4 Å². The minimum atomic E-state index is -4.55. The van der Waals surface area contributed by atoms with E-state index in [4.69, 9.17) is 16.3 Å². The van der Waals surface area contributed by atoms with Gasteiger partial charge in [-0.3, -0.25) is 0 Å². The van der Waals surface area contributed by atoms with Crippen molar-refractivity contribution in [3.63, 3.8) is 0 Å². The fourth-order valence-corrected chi connectivity index (χ4v) is 3.32. The van der Waals surface area contributed by atoms with Crippen molar-refractivity contribution in [1.29, 1.82) is 0 Å². The zero-order valence-corrected chi connectivity index (χ0v) is 14.2. The van der Waals surface area contributed by atoms with Crippen LogP contribution in [-0.4, -0.2) is 17.1 Å². The van der Waals surface area contributed by atoms with E-state index in [1.54, 1.807) is 37.4 Å². The molecule has 1 N–H and O–H groups in total. The van der Waals surface area contributed by atoms with Crippen LogP contribution < -0.4 is 4.74 Å². The number of ether oxygens (including phenoxy) is 1. The molecule has 0 radical (unpaired) electrons. The number of nitrogens with one attached hydrogen (secondary N) is 1. The van der Waals surface area contributed by atoms with Crippen LogP contribution in [0.1, 0.15) is 5.69 Å². The van der Waals surface area contributed by atoms with Gasteiger partial charge in [0.05, 0.1) is 18.1 Å². The van der Waals surface area contributed by atoms with E-state index in [0.717, 1.165) is 11.8 Å². The normalized spacial score (nSPS) is 12.0. The Hall–Kier alpha value is -2.73. The summed E-state index contributed by atoms with van der Waals surface area (Å²) in [5.41, 5.74) is 1.11. The third-order valence-electron chi connectivity index (χ3n) is 4.26. The molecule has 0 saturated heterocycles. The molecule has 0 aliphatic heterocycles. The Morgan fingerprint density at radius 2 is 1.73 bits per heavy atom. The van der Waals surface area contributed by atoms with Crippen LogP contribution in [0.2, 0.25) is 5.02 Å². The Morgan fingerprint density at radius 3 is 2.38 bits per heavy atom. The number of pyridine rings is 1. The van der Waals surface area contributed by atoms with Gasteiger partial charge in [-0.2, -0.15) is 13.2 Å². The van der Waals surface area contributed by atoms with Gasteiger partial charge in [0.25, 0.3) is 0 Å². The standard InChI is InChI=1S/C19H12ClF3N2O/c1-26-12-4-2-10(3-5-12)14-8-11(20)9-15-13-6-7-24-18(19(21,22)23)17(13)25-16(14)15/h2-9,25H,1H3. The number of H-pyrrole nitrogens is 1. The number of nitrogens with zero attached hydrogens (tertiary/aromatic N) is 1. The van der Waals surface area contributed by atoms with Gasteiger partial charge in [-0.05, 0) is 35.9 Å². The summed E-state index contributed by atoms with van der Waals surface area (Å²) in [5.74, 6) is 0.687. The van der Waals surface area contributed by atoms with E-state index in [1.165, 1.54) is 0 Å². The smallest absolute Gasteiger partial charge is 0.435 e. The minimum absolute atomic E-state index is 0.0490. The maximum atomic E-state index is 13.3. The number of halogens is 4. The van der Waals surface area contributed by atoms with Crippen LogP contribution in [0.3, 0.4) is 0 Å². The molecule has 0 atom stereocenters. The molecule has 0 amide bonds. The fourth-order valence-electron chi connectivity index (χ4n) is 3.10. The highest BCUT2D eigenvalue weighted by atomic mass is 35.5.